The minimum absolute atomic E-state index is 0. The molecular weight excluding hydrogens is 162 g/mol. The highest BCUT2D eigenvalue weighted by Crippen LogP contribution is 1.96. The number of hydrogen-bond donors (Lipinski definition) is 2. The van der Waals surface area contributed by atoms with Gasteiger partial charge in [0.05, 0.1) is 6.61 Å². The van der Waals surface area contributed by atoms with E-state index in [0.29, 0.717) is 13.0 Å². The van der Waals surface area contributed by atoms with Crippen molar-refractivity contribution in [2.75, 3.05) is 6.61 Å². The normalized spacial score (nSPS) is 8.42. The maximum absolute atomic E-state index is 10.6. The highest BCUT2D eigenvalue weighted by molar-refractivity contribution is 5.71. The van der Waals surface area contributed by atoms with Gasteiger partial charge in [0.15, 0.2) is 0 Å². The van der Waals surface area contributed by atoms with Gasteiger partial charge in [-0.3, -0.25) is 9.59 Å². The maximum Gasteiger partial charge on any atom is 0.305 e. The Kier molecular flexibility index (Phi) is 8.99. The molecule has 0 aliphatic carbocycles. The monoisotopic (exact) mass is 177 g/mol. The van der Waals surface area contributed by atoms with E-state index in [9.17, 15) is 9.59 Å². The molecule has 0 saturated carbocycles. The van der Waals surface area contributed by atoms with Crippen molar-refractivity contribution >= 4 is 11.9 Å². The van der Waals surface area contributed by atoms with Gasteiger partial charge in [0, 0.05) is 12.8 Å². The number of carbonyl (C=O) groups is 2. The summed E-state index contributed by atoms with van der Waals surface area (Å²) in [5.41, 5.74) is 0. The summed E-state index contributed by atoms with van der Waals surface area (Å²) in [4.78, 5) is 20.6. The maximum atomic E-state index is 10.6. The Hall–Kier alpha value is -1.10. The second-order valence-corrected chi connectivity index (χ2v) is 2.05. The molecule has 0 rings (SSSR count). The van der Waals surface area contributed by atoms with E-state index in [0.717, 1.165) is 0 Å². The Balaban J connectivity index is 0. The largest absolute Gasteiger partial charge is 0.481 e. The summed E-state index contributed by atoms with van der Waals surface area (Å²) in [6.07, 6.45) is 0.577. The molecule has 0 aromatic carbocycles. The fourth-order valence-corrected chi connectivity index (χ4v) is 0.617. The summed E-state index contributed by atoms with van der Waals surface area (Å²) in [5, 5.41) is 8.20. The molecule has 0 aliphatic heterocycles. The first-order valence-corrected chi connectivity index (χ1v) is 3.54. The first kappa shape index (κ1) is 13.5. The van der Waals surface area contributed by atoms with Crippen LogP contribution in [0.4, 0.5) is 0 Å². The summed E-state index contributed by atoms with van der Waals surface area (Å²) in [5.74, 6) is -1.21. The Bertz CT molecular complexity index is 146. The van der Waals surface area contributed by atoms with E-state index in [2.05, 4.69) is 4.74 Å². The molecule has 0 bridgehead atoms. The first-order valence-electron chi connectivity index (χ1n) is 3.54. The van der Waals surface area contributed by atoms with Crippen LogP contribution in [-0.2, 0) is 14.3 Å². The SMILES string of the molecule is CCOC(=O)CCCC(=O)O.N. The lowest BCUT2D eigenvalue weighted by Gasteiger charge is -1.98. The van der Waals surface area contributed by atoms with Crippen molar-refractivity contribution in [2.24, 2.45) is 0 Å². The third-order valence-corrected chi connectivity index (χ3v) is 1.08. The van der Waals surface area contributed by atoms with Crippen LogP contribution in [0.5, 0.6) is 0 Å². The van der Waals surface area contributed by atoms with E-state index in [4.69, 9.17) is 5.11 Å². The Labute approximate surface area is 71.3 Å². The molecule has 5 nitrogen and oxygen atoms in total. The molecular formula is C7H15NO4. The number of esters is 1. The van der Waals surface area contributed by atoms with Crippen molar-refractivity contribution in [3.8, 4) is 0 Å². The van der Waals surface area contributed by atoms with Crippen LogP contribution in [0.2, 0.25) is 0 Å². The average Bonchev–Trinajstić information content (AvgIpc) is 1.87. The van der Waals surface area contributed by atoms with Gasteiger partial charge < -0.3 is 16.0 Å². The van der Waals surface area contributed by atoms with E-state index in [-0.39, 0.29) is 25.0 Å². The lowest BCUT2D eigenvalue weighted by atomic mass is 10.2. The van der Waals surface area contributed by atoms with Crippen LogP contribution < -0.4 is 6.15 Å². The van der Waals surface area contributed by atoms with E-state index in [1.807, 2.05) is 0 Å². The fourth-order valence-electron chi connectivity index (χ4n) is 0.617. The second kappa shape index (κ2) is 8.00. The Morgan fingerprint density at radius 1 is 1.33 bits per heavy atom. The van der Waals surface area contributed by atoms with Crippen LogP contribution >= 0.6 is 0 Å². The van der Waals surface area contributed by atoms with Crippen LogP contribution in [0.15, 0.2) is 0 Å². The van der Waals surface area contributed by atoms with Crippen LogP contribution in [-0.4, -0.2) is 23.7 Å². The second-order valence-electron chi connectivity index (χ2n) is 2.05. The van der Waals surface area contributed by atoms with Gasteiger partial charge in [-0.15, -0.1) is 0 Å². The molecule has 72 valence electrons. The van der Waals surface area contributed by atoms with Gasteiger partial charge in [0.1, 0.15) is 0 Å². The molecule has 4 N–H and O–H groups in total. The molecule has 0 amide bonds. The van der Waals surface area contributed by atoms with Gasteiger partial charge in [-0.2, -0.15) is 0 Å². The van der Waals surface area contributed by atoms with Gasteiger partial charge >= 0.3 is 11.9 Å². The van der Waals surface area contributed by atoms with Crippen LogP contribution in [0.25, 0.3) is 0 Å². The minimum Gasteiger partial charge on any atom is -0.481 e. The lowest BCUT2D eigenvalue weighted by Crippen LogP contribution is -2.04. The summed E-state index contributed by atoms with van der Waals surface area (Å²) in [6, 6.07) is 0. The zero-order chi connectivity index (χ0) is 8.69. The van der Waals surface area contributed by atoms with Crippen molar-refractivity contribution in [3.05, 3.63) is 0 Å². The molecule has 0 aromatic rings. The Morgan fingerprint density at radius 2 is 1.92 bits per heavy atom. The van der Waals surface area contributed by atoms with Gasteiger partial charge in [-0.25, -0.2) is 0 Å². The lowest BCUT2D eigenvalue weighted by molar-refractivity contribution is -0.143. The topological polar surface area (TPSA) is 98.6 Å². The molecule has 0 spiro atoms. The van der Waals surface area contributed by atoms with Gasteiger partial charge in [-0.1, -0.05) is 0 Å². The highest BCUT2D eigenvalue weighted by atomic mass is 16.5. The molecule has 0 aromatic heterocycles. The number of carbonyl (C=O) groups excluding carboxylic acids is 1. The predicted octanol–water partition coefficient (Wildman–Crippen LogP) is 0.966. The van der Waals surface area contributed by atoms with Gasteiger partial charge in [-0.05, 0) is 13.3 Å². The molecule has 0 saturated heterocycles. The molecule has 0 radical (unpaired) electrons. The summed E-state index contributed by atoms with van der Waals surface area (Å²) < 4.78 is 4.59. The molecule has 0 fully saturated rings. The zero-order valence-corrected chi connectivity index (χ0v) is 7.21. The average molecular weight is 177 g/mol. The molecule has 0 unspecified atom stereocenters. The molecule has 0 atom stereocenters. The van der Waals surface area contributed by atoms with E-state index >= 15 is 0 Å². The van der Waals surface area contributed by atoms with Gasteiger partial charge in [0.25, 0.3) is 0 Å². The number of carboxylic acid groups (broad SMARTS) is 1. The van der Waals surface area contributed by atoms with Crippen molar-refractivity contribution < 1.29 is 19.4 Å². The van der Waals surface area contributed by atoms with Crippen molar-refractivity contribution in [3.63, 3.8) is 0 Å². The smallest absolute Gasteiger partial charge is 0.305 e. The van der Waals surface area contributed by atoms with E-state index in [1.54, 1.807) is 6.92 Å². The number of carboxylic acids is 1. The molecule has 0 heterocycles. The van der Waals surface area contributed by atoms with Crippen molar-refractivity contribution in [1.29, 1.82) is 0 Å². The van der Waals surface area contributed by atoms with Crippen molar-refractivity contribution in [2.45, 2.75) is 26.2 Å². The zero-order valence-electron chi connectivity index (χ0n) is 7.21. The third-order valence-electron chi connectivity index (χ3n) is 1.08. The van der Waals surface area contributed by atoms with Crippen LogP contribution in [0.3, 0.4) is 0 Å². The summed E-state index contributed by atoms with van der Waals surface area (Å²) >= 11 is 0. The number of hydrogen-bond acceptors (Lipinski definition) is 4. The minimum atomic E-state index is -0.880. The van der Waals surface area contributed by atoms with Crippen LogP contribution in [0.1, 0.15) is 26.2 Å². The first-order chi connectivity index (χ1) is 5.16. The molecule has 5 heteroatoms. The summed E-state index contributed by atoms with van der Waals surface area (Å²) in [6.45, 7) is 2.07. The third kappa shape index (κ3) is 8.90. The molecule has 0 aliphatic rings. The van der Waals surface area contributed by atoms with E-state index < -0.39 is 5.97 Å². The predicted molar refractivity (Wildman–Crippen MR) is 43.1 cm³/mol. The number of aliphatic carboxylic acids is 1. The number of rotatable bonds is 5. The van der Waals surface area contributed by atoms with Crippen molar-refractivity contribution in [1.82, 2.24) is 6.15 Å². The van der Waals surface area contributed by atoms with Gasteiger partial charge in [0.2, 0.25) is 0 Å². The highest BCUT2D eigenvalue weighted by Gasteiger charge is 2.02. The van der Waals surface area contributed by atoms with E-state index in [1.165, 1.54) is 0 Å². The standard InChI is InChI=1S/C7H12O4.H3N/c1-2-11-7(10)5-3-4-6(8)9;/h2-5H2,1H3,(H,8,9);1H3. The fraction of sp³-hybridized carbons (Fsp3) is 0.714. The van der Waals surface area contributed by atoms with Crippen LogP contribution in [0, 0.1) is 0 Å². The number of ether oxygens (including phenoxy) is 1. The Morgan fingerprint density at radius 3 is 2.33 bits per heavy atom. The molecule has 12 heavy (non-hydrogen) atoms. The quantitative estimate of drug-likeness (QED) is 0.609. The summed E-state index contributed by atoms with van der Waals surface area (Å²) in [7, 11) is 0.